The quantitative estimate of drug-likeness (QED) is 0.390. The van der Waals surface area contributed by atoms with Crippen LogP contribution in [0.1, 0.15) is 42.7 Å². The summed E-state index contributed by atoms with van der Waals surface area (Å²) < 4.78 is 8.22. The van der Waals surface area contributed by atoms with Gasteiger partial charge >= 0.3 is 0 Å². The van der Waals surface area contributed by atoms with Gasteiger partial charge in [-0.3, -0.25) is 0 Å². The number of fused-ring (bicyclic) bond motifs is 1. The van der Waals surface area contributed by atoms with E-state index in [4.69, 9.17) is 4.74 Å². The predicted molar refractivity (Wildman–Crippen MR) is 114 cm³/mol. The van der Waals surface area contributed by atoms with Gasteiger partial charge < -0.3 is 9.64 Å². The molecule has 0 amide bonds. The number of ether oxygens (including phenoxy) is 1. The summed E-state index contributed by atoms with van der Waals surface area (Å²) in [4.78, 5) is 11.2. The van der Waals surface area contributed by atoms with Crippen LogP contribution in [-0.2, 0) is 6.42 Å². The SMILES string of the molecule is CCN(C)/C=N/c1cc(Br)c(OC2CCCc3ccc(Br)cc32)nc1C. The van der Waals surface area contributed by atoms with Crippen molar-refractivity contribution in [3.63, 3.8) is 0 Å². The molecule has 0 saturated carbocycles. The molecule has 0 radical (unpaired) electrons. The minimum atomic E-state index is 0.0278. The summed E-state index contributed by atoms with van der Waals surface area (Å²) in [6.45, 7) is 4.96. The number of aryl methyl sites for hydroxylation is 2. The first-order valence-electron chi connectivity index (χ1n) is 8.84. The van der Waals surface area contributed by atoms with Crippen molar-refractivity contribution in [3.8, 4) is 5.88 Å². The number of halogens is 2. The molecule has 138 valence electrons. The fourth-order valence-corrected chi connectivity index (χ4v) is 3.77. The second-order valence-corrected chi connectivity index (χ2v) is 8.31. The molecule has 0 fully saturated rings. The minimum absolute atomic E-state index is 0.0278. The highest BCUT2D eigenvalue weighted by atomic mass is 79.9. The van der Waals surface area contributed by atoms with E-state index in [0.29, 0.717) is 5.88 Å². The fourth-order valence-electron chi connectivity index (χ4n) is 2.99. The highest BCUT2D eigenvalue weighted by molar-refractivity contribution is 9.10. The Kier molecular flexibility index (Phi) is 6.35. The van der Waals surface area contributed by atoms with E-state index in [2.05, 4.69) is 67.0 Å². The van der Waals surface area contributed by atoms with Gasteiger partial charge in [-0.2, -0.15) is 0 Å². The van der Waals surface area contributed by atoms with E-state index in [1.54, 1.807) is 0 Å². The van der Waals surface area contributed by atoms with Gasteiger partial charge in [0.05, 0.1) is 22.2 Å². The summed E-state index contributed by atoms with van der Waals surface area (Å²) in [5, 5.41) is 0. The number of hydrogen-bond donors (Lipinski definition) is 0. The number of rotatable bonds is 5. The van der Waals surface area contributed by atoms with Gasteiger partial charge in [-0.15, -0.1) is 0 Å². The average molecular weight is 481 g/mol. The first-order valence-corrected chi connectivity index (χ1v) is 10.4. The Bertz CT molecular complexity index is 823. The molecular formula is C20H23Br2N3O. The van der Waals surface area contributed by atoms with Crippen LogP contribution in [0.5, 0.6) is 5.88 Å². The van der Waals surface area contributed by atoms with E-state index >= 15 is 0 Å². The molecule has 0 spiro atoms. The van der Waals surface area contributed by atoms with Crippen molar-refractivity contribution < 1.29 is 4.74 Å². The Morgan fingerprint density at radius 3 is 2.92 bits per heavy atom. The van der Waals surface area contributed by atoms with Crippen molar-refractivity contribution in [2.24, 2.45) is 4.99 Å². The summed E-state index contributed by atoms with van der Waals surface area (Å²) >= 11 is 7.18. The van der Waals surface area contributed by atoms with Crippen molar-refractivity contribution in [2.75, 3.05) is 13.6 Å². The van der Waals surface area contributed by atoms with E-state index in [9.17, 15) is 0 Å². The highest BCUT2D eigenvalue weighted by Crippen LogP contribution is 2.38. The third-order valence-electron chi connectivity index (χ3n) is 4.62. The molecule has 1 aromatic heterocycles. The minimum Gasteiger partial charge on any atom is -0.469 e. The zero-order valence-corrected chi connectivity index (χ0v) is 18.5. The first kappa shape index (κ1) is 19.4. The van der Waals surface area contributed by atoms with Crippen molar-refractivity contribution in [2.45, 2.75) is 39.2 Å². The summed E-state index contributed by atoms with van der Waals surface area (Å²) in [6.07, 6.45) is 5.08. The van der Waals surface area contributed by atoms with Gasteiger partial charge in [-0.1, -0.05) is 22.0 Å². The largest absolute Gasteiger partial charge is 0.469 e. The molecule has 4 nitrogen and oxygen atoms in total. The molecule has 26 heavy (non-hydrogen) atoms. The van der Waals surface area contributed by atoms with E-state index < -0.39 is 0 Å². The number of aliphatic imine (C=N–C) groups is 1. The van der Waals surface area contributed by atoms with Crippen LogP contribution in [0.3, 0.4) is 0 Å². The topological polar surface area (TPSA) is 37.7 Å². The smallest absolute Gasteiger partial charge is 0.228 e. The van der Waals surface area contributed by atoms with Crippen molar-refractivity contribution in [1.82, 2.24) is 9.88 Å². The number of hydrogen-bond acceptors (Lipinski definition) is 3. The summed E-state index contributed by atoms with van der Waals surface area (Å²) in [6, 6.07) is 8.42. The van der Waals surface area contributed by atoms with Crippen LogP contribution in [0.2, 0.25) is 0 Å². The van der Waals surface area contributed by atoms with Gasteiger partial charge in [-0.25, -0.2) is 9.98 Å². The van der Waals surface area contributed by atoms with Crippen LogP contribution < -0.4 is 4.74 Å². The summed E-state index contributed by atoms with van der Waals surface area (Å²) in [5.74, 6) is 0.628. The zero-order chi connectivity index (χ0) is 18.7. The Labute approximate surface area is 171 Å². The summed E-state index contributed by atoms with van der Waals surface area (Å²) in [5.41, 5.74) is 4.32. The van der Waals surface area contributed by atoms with E-state index in [1.165, 1.54) is 11.1 Å². The third kappa shape index (κ3) is 4.46. The zero-order valence-electron chi connectivity index (χ0n) is 15.3. The molecule has 6 heteroatoms. The Hall–Kier alpha value is -1.40. The third-order valence-corrected chi connectivity index (χ3v) is 5.68. The van der Waals surface area contributed by atoms with E-state index in [-0.39, 0.29) is 6.10 Å². The van der Waals surface area contributed by atoms with Crippen molar-refractivity contribution in [1.29, 1.82) is 0 Å². The number of aromatic nitrogens is 1. The molecule has 0 bridgehead atoms. The second kappa shape index (κ2) is 8.53. The standard InChI is InChI=1S/C20H23Br2N3O/c1-4-25(3)12-23-18-11-17(22)20(24-13(18)2)26-19-7-5-6-14-8-9-15(21)10-16(14)19/h8-12,19H,4-7H2,1-3H3/b23-12+. The molecule has 1 atom stereocenters. The van der Waals surface area contributed by atoms with E-state index in [0.717, 1.165) is 46.1 Å². The van der Waals surface area contributed by atoms with E-state index in [1.807, 2.05) is 31.3 Å². The lowest BCUT2D eigenvalue weighted by Crippen LogP contribution is -2.16. The van der Waals surface area contributed by atoms with Gasteiger partial charge in [-0.05, 0) is 78.4 Å². The maximum absolute atomic E-state index is 6.31. The van der Waals surface area contributed by atoms with Crippen LogP contribution >= 0.6 is 31.9 Å². The molecule has 3 rings (SSSR count). The molecule has 1 aromatic carbocycles. The predicted octanol–water partition coefficient (Wildman–Crippen LogP) is 5.98. The van der Waals surface area contributed by atoms with Gasteiger partial charge in [0.1, 0.15) is 6.10 Å². The van der Waals surface area contributed by atoms with Gasteiger partial charge in [0.2, 0.25) is 5.88 Å². The van der Waals surface area contributed by atoms with Crippen molar-refractivity contribution >= 4 is 43.9 Å². The average Bonchev–Trinajstić information content (AvgIpc) is 2.63. The van der Waals surface area contributed by atoms with Crippen LogP contribution in [0.4, 0.5) is 5.69 Å². The van der Waals surface area contributed by atoms with Crippen LogP contribution in [0.25, 0.3) is 0 Å². The molecule has 2 aromatic rings. The van der Waals surface area contributed by atoms with Gasteiger partial charge in [0, 0.05) is 18.1 Å². The monoisotopic (exact) mass is 479 g/mol. The Balaban J connectivity index is 1.85. The fraction of sp³-hybridized carbons (Fsp3) is 0.400. The molecule has 1 heterocycles. The van der Waals surface area contributed by atoms with Crippen LogP contribution in [-0.4, -0.2) is 29.8 Å². The molecular weight excluding hydrogens is 458 g/mol. The molecule has 0 N–H and O–H groups in total. The molecule has 0 aliphatic heterocycles. The number of pyridine rings is 1. The molecule has 0 saturated heterocycles. The first-order chi connectivity index (χ1) is 12.5. The highest BCUT2D eigenvalue weighted by Gasteiger charge is 2.23. The Morgan fingerprint density at radius 1 is 1.35 bits per heavy atom. The maximum Gasteiger partial charge on any atom is 0.228 e. The Morgan fingerprint density at radius 2 is 2.15 bits per heavy atom. The number of nitrogens with zero attached hydrogens (tertiary/aromatic N) is 3. The maximum atomic E-state index is 6.31. The number of benzene rings is 1. The lowest BCUT2D eigenvalue weighted by Gasteiger charge is -2.26. The summed E-state index contributed by atoms with van der Waals surface area (Å²) in [7, 11) is 2.00. The van der Waals surface area contributed by atoms with Crippen LogP contribution in [0, 0.1) is 6.92 Å². The van der Waals surface area contributed by atoms with Gasteiger partial charge in [0.15, 0.2) is 0 Å². The lowest BCUT2D eigenvalue weighted by molar-refractivity contribution is 0.174. The normalized spacial score (nSPS) is 16.6. The molecule has 1 aliphatic rings. The molecule has 1 unspecified atom stereocenters. The lowest BCUT2D eigenvalue weighted by atomic mass is 9.89. The molecule has 1 aliphatic carbocycles. The van der Waals surface area contributed by atoms with Crippen molar-refractivity contribution in [3.05, 3.63) is 50.0 Å². The van der Waals surface area contributed by atoms with Gasteiger partial charge in [0.25, 0.3) is 0 Å². The van der Waals surface area contributed by atoms with Crippen LogP contribution in [0.15, 0.2) is 38.2 Å². The second-order valence-electron chi connectivity index (χ2n) is 6.54.